The number of halogens is 2. The molecule has 18 heavy (non-hydrogen) atoms. The van der Waals surface area contributed by atoms with Crippen LogP contribution >= 0.6 is 11.6 Å². The van der Waals surface area contributed by atoms with Crippen molar-refractivity contribution >= 4 is 17.4 Å². The second kappa shape index (κ2) is 4.21. The maximum Gasteiger partial charge on any atom is 0.163 e. The monoisotopic (exact) mass is 260 g/mol. The molecule has 2 aromatic rings. The Morgan fingerprint density at radius 3 is 2.56 bits per heavy atom. The van der Waals surface area contributed by atoms with E-state index in [0.29, 0.717) is 23.4 Å². The highest BCUT2D eigenvalue weighted by molar-refractivity contribution is 6.30. The maximum atomic E-state index is 13.9. The molecular formula is C15H10ClFO. The summed E-state index contributed by atoms with van der Waals surface area (Å²) >= 11 is 5.75. The molecule has 0 unspecified atom stereocenters. The van der Waals surface area contributed by atoms with E-state index in [1.54, 1.807) is 18.2 Å². The van der Waals surface area contributed by atoms with Gasteiger partial charge in [0, 0.05) is 22.6 Å². The van der Waals surface area contributed by atoms with Crippen LogP contribution in [-0.4, -0.2) is 5.78 Å². The topological polar surface area (TPSA) is 17.1 Å². The summed E-state index contributed by atoms with van der Waals surface area (Å²) in [6.45, 7) is 0. The molecule has 2 aromatic carbocycles. The first-order chi connectivity index (χ1) is 8.66. The van der Waals surface area contributed by atoms with E-state index in [0.717, 1.165) is 16.7 Å². The minimum absolute atomic E-state index is 0.140. The highest BCUT2D eigenvalue weighted by Gasteiger charge is 2.23. The van der Waals surface area contributed by atoms with Gasteiger partial charge in [-0.15, -0.1) is 0 Å². The zero-order chi connectivity index (χ0) is 12.7. The van der Waals surface area contributed by atoms with E-state index in [1.807, 2.05) is 12.1 Å². The minimum atomic E-state index is -0.352. The second-order valence-corrected chi connectivity index (χ2v) is 4.82. The van der Waals surface area contributed by atoms with Crippen LogP contribution in [0.15, 0.2) is 36.4 Å². The molecule has 90 valence electrons. The third kappa shape index (κ3) is 1.73. The number of carbonyl (C=O) groups is 1. The molecule has 3 rings (SSSR count). The van der Waals surface area contributed by atoms with Crippen molar-refractivity contribution in [3.05, 3.63) is 58.4 Å². The van der Waals surface area contributed by atoms with Gasteiger partial charge < -0.3 is 0 Å². The Hall–Kier alpha value is -1.67. The van der Waals surface area contributed by atoms with E-state index in [2.05, 4.69) is 0 Å². The lowest BCUT2D eigenvalue weighted by Crippen LogP contribution is -1.93. The standard InChI is InChI=1S/C15H10ClFO/c16-9-4-5-12(14(17)8-9)10-2-1-3-13-11(10)6-7-15(13)18/h1-5,8H,6-7H2. The summed E-state index contributed by atoms with van der Waals surface area (Å²) in [4.78, 5) is 11.7. The number of Topliss-reactive ketones (excluding diaryl/α,β-unsaturated/α-hetero) is 1. The summed E-state index contributed by atoms with van der Waals surface area (Å²) in [5.74, 6) is -0.212. The van der Waals surface area contributed by atoms with E-state index < -0.39 is 0 Å². The average molecular weight is 261 g/mol. The molecule has 0 fully saturated rings. The number of hydrogen-bond acceptors (Lipinski definition) is 1. The fraction of sp³-hybridized carbons (Fsp3) is 0.133. The molecule has 0 heterocycles. The van der Waals surface area contributed by atoms with Crippen LogP contribution in [-0.2, 0) is 6.42 Å². The molecule has 0 atom stereocenters. The highest BCUT2D eigenvalue weighted by Crippen LogP contribution is 2.34. The van der Waals surface area contributed by atoms with E-state index in [-0.39, 0.29) is 11.6 Å². The molecule has 0 saturated carbocycles. The van der Waals surface area contributed by atoms with Crippen LogP contribution in [0.4, 0.5) is 4.39 Å². The molecule has 0 saturated heterocycles. The SMILES string of the molecule is O=C1CCc2c1cccc2-c1ccc(Cl)cc1F. The lowest BCUT2D eigenvalue weighted by molar-refractivity contribution is 0.0994. The van der Waals surface area contributed by atoms with Gasteiger partial charge in [-0.2, -0.15) is 0 Å². The molecule has 0 N–H and O–H groups in total. The normalized spacial score (nSPS) is 13.8. The molecule has 1 nitrogen and oxygen atoms in total. The first-order valence-electron chi connectivity index (χ1n) is 5.77. The highest BCUT2D eigenvalue weighted by atomic mass is 35.5. The van der Waals surface area contributed by atoms with Crippen molar-refractivity contribution in [3.8, 4) is 11.1 Å². The van der Waals surface area contributed by atoms with Gasteiger partial charge in [-0.05, 0) is 35.7 Å². The summed E-state index contributed by atoms with van der Waals surface area (Å²) in [6.07, 6.45) is 1.20. The summed E-state index contributed by atoms with van der Waals surface area (Å²) in [7, 11) is 0. The zero-order valence-corrected chi connectivity index (χ0v) is 10.3. The van der Waals surface area contributed by atoms with Crippen molar-refractivity contribution in [1.29, 1.82) is 0 Å². The Bertz CT molecular complexity index is 649. The van der Waals surface area contributed by atoms with E-state index in [1.165, 1.54) is 6.07 Å². The van der Waals surface area contributed by atoms with Gasteiger partial charge in [-0.3, -0.25) is 4.79 Å². The Kier molecular flexibility index (Phi) is 2.67. The summed E-state index contributed by atoms with van der Waals surface area (Å²) in [5.41, 5.74) is 2.98. The Morgan fingerprint density at radius 1 is 1.00 bits per heavy atom. The number of carbonyl (C=O) groups excluding carboxylic acids is 1. The molecule has 3 heteroatoms. The van der Waals surface area contributed by atoms with Gasteiger partial charge in [-0.25, -0.2) is 4.39 Å². The van der Waals surface area contributed by atoms with E-state index in [9.17, 15) is 9.18 Å². The van der Waals surface area contributed by atoms with Gasteiger partial charge in [0.15, 0.2) is 5.78 Å². The maximum absolute atomic E-state index is 13.9. The summed E-state index contributed by atoms with van der Waals surface area (Å²) in [5, 5.41) is 0.375. The summed E-state index contributed by atoms with van der Waals surface area (Å²) in [6, 6.07) is 10.1. The summed E-state index contributed by atoms with van der Waals surface area (Å²) < 4.78 is 13.9. The lowest BCUT2D eigenvalue weighted by atomic mass is 9.96. The van der Waals surface area contributed by atoms with Crippen LogP contribution in [0.2, 0.25) is 5.02 Å². The Morgan fingerprint density at radius 2 is 1.78 bits per heavy atom. The van der Waals surface area contributed by atoms with Crippen LogP contribution in [0.25, 0.3) is 11.1 Å². The molecule has 1 aliphatic rings. The van der Waals surface area contributed by atoms with E-state index >= 15 is 0 Å². The molecule has 1 aliphatic carbocycles. The van der Waals surface area contributed by atoms with Crippen LogP contribution < -0.4 is 0 Å². The Balaban J connectivity index is 2.22. The lowest BCUT2D eigenvalue weighted by Gasteiger charge is -2.09. The van der Waals surface area contributed by atoms with Crippen LogP contribution in [0.1, 0.15) is 22.3 Å². The van der Waals surface area contributed by atoms with Gasteiger partial charge in [0.1, 0.15) is 5.82 Å². The zero-order valence-electron chi connectivity index (χ0n) is 9.54. The third-order valence-electron chi connectivity index (χ3n) is 3.30. The quantitative estimate of drug-likeness (QED) is 0.748. The number of benzene rings is 2. The van der Waals surface area contributed by atoms with Gasteiger partial charge in [-0.1, -0.05) is 29.8 Å². The van der Waals surface area contributed by atoms with Crippen molar-refractivity contribution in [3.63, 3.8) is 0 Å². The molecule has 0 amide bonds. The molecule has 0 bridgehead atoms. The van der Waals surface area contributed by atoms with Crippen LogP contribution in [0.3, 0.4) is 0 Å². The predicted octanol–water partition coefficient (Wildman–Crippen LogP) is 4.28. The van der Waals surface area contributed by atoms with Crippen molar-refractivity contribution in [2.45, 2.75) is 12.8 Å². The molecular weight excluding hydrogens is 251 g/mol. The first kappa shape index (κ1) is 11.4. The fourth-order valence-electron chi connectivity index (χ4n) is 2.45. The number of hydrogen-bond donors (Lipinski definition) is 0. The van der Waals surface area contributed by atoms with E-state index in [4.69, 9.17) is 11.6 Å². The molecule has 0 aliphatic heterocycles. The number of fused-ring (bicyclic) bond motifs is 1. The molecule has 0 aromatic heterocycles. The van der Waals surface area contributed by atoms with Crippen molar-refractivity contribution in [2.75, 3.05) is 0 Å². The van der Waals surface area contributed by atoms with Gasteiger partial charge in [0.05, 0.1) is 0 Å². The van der Waals surface area contributed by atoms with Crippen molar-refractivity contribution in [2.24, 2.45) is 0 Å². The third-order valence-corrected chi connectivity index (χ3v) is 3.53. The van der Waals surface area contributed by atoms with Crippen LogP contribution in [0.5, 0.6) is 0 Å². The van der Waals surface area contributed by atoms with Gasteiger partial charge >= 0.3 is 0 Å². The Labute approximate surface area is 109 Å². The minimum Gasteiger partial charge on any atom is -0.294 e. The molecule has 0 spiro atoms. The fourth-order valence-corrected chi connectivity index (χ4v) is 2.61. The first-order valence-corrected chi connectivity index (χ1v) is 6.15. The van der Waals surface area contributed by atoms with Gasteiger partial charge in [0.2, 0.25) is 0 Å². The average Bonchev–Trinajstić information content (AvgIpc) is 2.72. The largest absolute Gasteiger partial charge is 0.294 e. The van der Waals surface area contributed by atoms with Crippen molar-refractivity contribution < 1.29 is 9.18 Å². The second-order valence-electron chi connectivity index (χ2n) is 4.38. The van der Waals surface area contributed by atoms with Crippen molar-refractivity contribution in [1.82, 2.24) is 0 Å². The van der Waals surface area contributed by atoms with Gasteiger partial charge in [0.25, 0.3) is 0 Å². The van der Waals surface area contributed by atoms with Crippen LogP contribution in [0, 0.1) is 5.82 Å². The number of rotatable bonds is 1. The number of ketones is 1. The smallest absolute Gasteiger partial charge is 0.163 e. The molecule has 0 radical (unpaired) electrons. The predicted molar refractivity (Wildman–Crippen MR) is 69.5 cm³/mol.